The normalized spacial score (nSPS) is 11.9. The van der Waals surface area contributed by atoms with Crippen LogP contribution in [0.4, 0.5) is 11.4 Å². The van der Waals surface area contributed by atoms with Crippen LogP contribution in [0.2, 0.25) is 0 Å². The highest BCUT2D eigenvalue weighted by Crippen LogP contribution is 2.35. The number of hydrogen-bond donors (Lipinski definition) is 3. The van der Waals surface area contributed by atoms with Crippen LogP contribution < -0.4 is 20.1 Å². The minimum Gasteiger partial charge on any atom is -0.454 e. The lowest BCUT2D eigenvalue weighted by molar-refractivity contribution is 0.101. The van der Waals surface area contributed by atoms with Crippen LogP contribution in [0.25, 0.3) is 11.3 Å². The van der Waals surface area contributed by atoms with E-state index in [1.165, 1.54) is 0 Å². The first-order chi connectivity index (χ1) is 16.1. The molecule has 2 aromatic heterocycles. The van der Waals surface area contributed by atoms with Gasteiger partial charge in [0.1, 0.15) is 11.4 Å². The highest BCUT2D eigenvalue weighted by Gasteiger charge is 2.17. The maximum absolute atomic E-state index is 12.7. The molecule has 2 aromatic carbocycles. The van der Waals surface area contributed by atoms with Crippen molar-refractivity contribution in [1.29, 1.82) is 0 Å². The number of amides is 2. The molecule has 166 valence electrons. The predicted molar refractivity (Wildman–Crippen MR) is 120 cm³/mol. The minimum atomic E-state index is -0.359. The molecule has 0 saturated heterocycles. The van der Waals surface area contributed by atoms with Crippen molar-refractivity contribution in [3.63, 3.8) is 0 Å². The molecule has 1 aliphatic rings. The molecule has 33 heavy (non-hydrogen) atoms. The monoisotopic (exact) mass is 444 g/mol. The maximum Gasteiger partial charge on any atom is 0.273 e. The average Bonchev–Trinajstić information content (AvgIpc) is 3.59. The van der Waals surface area contributed by atoms with Crippen LogP contribution in [0.3, 0.4) is 0 Å². The Hall–Kier alpha value is -4.60. The molecule has 10 heteroatoms. The fourth-order valence-electron chi connectivity index (χ4n) is 3.49. The summed E-state index contributed by atoms with van der Waals surface area (Å²) >= 11 is 0. The number of nitrogens with zero attached hydrogens (tertiary/aromatic N) is 3. The van der Waals surface area contributed by atoms with Crippen molar-refractivity contribution < 1.29 is 19.1 Å². The summed E-state index contributed by atoms with van der Waals surface area (Å²) in [7, 11) is 0. The summed E-state index contributed by atoms with van der Waals surface area (Å²) in [6.45, 7) is 2.69. The number of hydrogen-bond acceptors (Lipinski definition) is 6. The summed E-state index contributed by atoms with van der Waals surface area (Å²) in [5.74, 6) is 0.683. The molecular weight excluding hydrogens is 424 g/mol. The Labute approximate surface area is 188 Å². The standard InChI is InChI=1S/C23H20N6O4/c1-2-29-19(8-9-24-29)23(31)26-16-5-3-4-15(11-16)25-22(30)18-12-17(27-28-18)14-6-7-20-21(10-14)33-13-32-20/h3-12H,2,13H2,1H3,(H,25,30)(H,26,31)(H,27,28). The Kier molecular flexibility index (Phi) is 5.23. The lowest BCUT2D eigenvalue weighted by atomic mass is 10.1. The van der Waals surface area contributed by atoms with E-state index < -0.39 is 0 Å². The Morgan fingerprint density at radius 3 is 2.61 bits per heavy atom. The van der Waals surface area contributed by atoms with Gasteiger partial charge in [-0.15, -0.1) is 0 Å². The zero-order valence-electron chi connectivity index (χ0n) is 17.7. The van der Waals surface area contributed by atoms with Crippen molar-refractivity contribution in [2.24, 2.45) is 0 Å². The number of aromatic amines is 1. The predicted octanol–water partition coefficient (Wildman–Crippen LogP) is 3.53. The molecule has 0 bridgehead atoms. The second kappa shape index (κ2) is 8.50. The van der Waals surface area contributed by atoms with E-state index in [1.54, 1.807) is 53.3 Å². The van der Waals surface area contributed by atoms with Gasteiger partial charge in [0.05, 0.1) is 5.69 Å². The fourth-order valence-corrected chi connectivity index (χ4v) is 3.49. The summed E-state index contributed by atoms with van der Waals surface area (Å²) in [4.78, 5) is 25.3. The second-order valence-electron chi connectivity index (χ2n) is 7.26. The topological polar surface area (TPSA) is 123 Å². The minimum absolute atomic E-state index is 0.189. The first kappa shape index (κ1) is 20.3. The third kappa shape index (κ3) is 4.13. The number of anilines is 2. The number of rotatable bonds is 6. The molecule has 3 heterocycles. The van der Waals surface area contributed by atoms with E-state index in [0.717, 1.165) is 5.56 Å². The molecule has 0 aliphatic carbocycles. The van der Waals surface area contributed by atoms with E-state index in [0.29, 0.717) is 46.5 Å². The van der Waals surface area contributed by atoms with E-state index in [9.17, 15) is 9.59 Å². The number of benzene rings is 2. The van der Waals surface area contributed by atoms with Gasteiger partial charge in [0, 0.05) is 29.7 Å². The highest BCUT2D eigenvalue weighted by molar-refractivity contribution is 6.05. The molecule has 0 fully saturated rings. The van der Waals surface area contributed by atoms with Gasteiger partial charge in [0.25, 0.3) is 11.8 Å². The van der Waals surface area contributed by atoms with E-state index in [4.69, 9.17) is 9.47 Å². The van der Waals surface area contributed by atoms with Crippen LogP contribution in [0.15, 0.2) is 60.8 Å². The number of carbonyl (C=O) groups excluding carboxylic acids is 2. The number of ether oxygens (including phenoxy) is 2. The summed E-state index contributed by atoms with van der Waals surface area (Å²) < 4.78 is 12.3. The largest absolute Gasteiger partial charge is 0.454 e. The van der Waals surface area contributed by atoms with Crippen LogP contribution in [-0.4, -0.2) is 38.6 Å². The van der Waals surface area contributed by atoms with Gasteiger partial charge < -0.3 is 20.1 Å². The van der Waals surface area contributed by atoms with Crippen LogP contribution >= 0.6 is 0 Å². The van der Waals surface area contributed by atoms with Crippen molar-refractivity contribution in [2.75, 3.05) is 17.4 Å². The Balaban J connectivity index is 1.27. The Bertz CT molecular complexity index is 1340. The van der Waals surface area contributed by atoms with Gasteiger partial charge in [0.2, 0.25) is 6.79 Å². The molecule has 2 amide bonds. The van der Waals surface area contributed by atoms with Gasteiger partial charge in [-0.25, -0.2) is 0 Å². The Morgan fingerprint density at radius 2 is 1.79 bits per heavy atom. The molecule has 4 aromatic rings. The molecule has 0 saturated carbocycles. The van der Waals surface area contributed by atoms with E-state index in [2.05, 4.69) is 25.9 Å². The quantitative estimate of drug-likeness (QED) is 0.418. The van der Waals surface area contributed by atoms with Crippen LogP contribution in [0, 0.1) is 0 Å². The molecule has 3 N–H and O–H groups in total. The number of aryl methyl sites for hydroxylation is 1. The van der Waals surface area contributed by atoms with E-state index in [1.807, 2.05) is 19.1 Å². The Morgan fingerprint density at radius 1 is 1.00 bits per heavy atom. The number of aromatic nitrogens is 4. The van der Waals surface area contributed by atoms with Gasteiger partial charge >= 0.3 is 0 Å². The second-order valence-corrected chi connectivity index (χ2v) is 7.26. The molecular formula is C23H20N6O4. The maximum atomic E-state index is 12.7. The highest BCUT2D eigenvalue weighted by atomic mass is 16.7. The van der Waals surface area contributed by atoms with Gasteiger partial charge in [-0.2, -0.15) is 10.2 Å². The summed E-state index contributed by atoms with van der Waals surface area (Å²) in [5, 5.41) is 16.7. The van der Waals surface area contributed by atoms with Crippen molar-refractivity contribution >= 4 is 23.2 Å². The lowest BCUT2D eigenvalue weighted by Gasteiger charge is -2.09. The van der Waals surface area contributed by atoms with E-state index in [-0.39, 0.29) is 18.6 Å². The SMILES string of the molecule is CCn1nccc1C(=O)Nc1cccc(NC(=O)c2cc(-c3ccc4c(c3)OCO4)n[nH]2)c1. The van der Waals surface area contributed by atoms with Gasteiger partial charge in [-0.1, -0.05) is 6.07 Å². The summed E-state index contributed by atoms with van der Waals surface area (Å²) in [6, 6.07) is 15.7. The first-order valence-corrected chi connectivity index (χ1v) is 10.3. The number of H-pyrrole nitrogens is 1. The van der Waals surface area contributed by atoms with Gasteiger partial charge in [-0.05, 0) is 55.5 Å². The van der Waals surface area contributed by atoms with Gasteiger partial charge in [-0.3, -0.25) is 19.4 Å². The summed E-state index contributed by atoms with van der Waals surface area (Å²) in [6.07, 6.45) is 1.58. The van der Waals surface area contributed by atoms with Crippen molar-refractivity contribution in [1.82, 2.24) is 20.0 Å². The summed E-state index contributed by atoms with van der Waals surface area (Å²) in [5.41, 5.74) is 3.23. The molecule has 0 atom stereocenters. The molecule has 5 rings (SSSR count). The van der Waals surface area contributed by atoms with Gasteiger partial charge in [0.15, 0.2) is 11.5 Å². The fraction of sp³-hybridized carbons (Fsp3) is 0.130. The first-order valence-electron chi connectivity index (χ1n) is 10.3. The number of fused-ring (bicyclic) bond motifs is 1. The van der Waals surface area contributed by atoms with Crippen molar-refractivity contribution in [3.05, 3.63) is 72.2 Å². The number of carbonyl (C=O) groups is 2. The van der Waals surface area contributed by atoms with Crippen LogP contribution in [0.5, 0.6) is 11.5 Å². The molecule has 0 unspecified atom stereocenters. The lowest BCUT2D eigenvalue weighted by Crippen LogP contribution is -2.17. The molecule has 1 aliphatic heterocycles. The average molecular weight is 444 g/mol. The third-order valence-corrected chi connectivity index (χ3v) is 5.12. The molecule has 10 nitrogen and oxygen atoms in total. The van der Waals surface area contributed by atoms with Crippen molar-refractivity contribution in [2.45, 2.75) is 13.5 Å². The molecule has 0 spiro atoms. The smallest absolute Gasteiger partial charge is 0.273 e. The van der Waals surface area contributed by atoms with Crippen molar-refractivity contribution in [3.8, 4) is 22.8 Å². The van der Waals surface area contributed by atoms with Crippen LogP contribution in [-0.2, 0) is 6.54 Å². The number of nitrogens with one attached hydrogen (secondary N) is 3. The molecule has 0 radical (unpaired) electrons. The zero-order chi connectivity index (χ0) is 22.8. The van der Waals surface area contributed by atoms with E-state index >= 15 is 0 Å². The van der Waals surface area contributed by atoms with Crippen LogP contribution in [0.1, 0.15) is 27.9 Å². The third-order valence-electron chi connectivity index (χ3n) is 5.12. The zero-order valence-corrected chi connectivity index (χ0v) is 17.7.